The van der Waals surface area contributed by atoms with E-state index >= 15 is 0 Å². The lowest BCUT2D eigenvalue weighted by molar-refractivity contribution is -0.123. The van der Waals surface area contributed by atoms with Gasteiger partial charge in [-0.2, -0.15) is 0 Å². The first-order valence-electron chi connectivity index (χ1n) is 10.2. The lowest BCUT2D eigenvalue weighted by Gasteiger charge is -2.32. The van der Waals surface area contributed by atoms with E-state index in [9.17, 15) is 14.0 Å². The van der Waals surface area contributed by atoms with Gasteiger partial charge >= 0.3 is 0 Å². The van der Waals surface area contributed by atoms with E-state index in [1.165, 1.54) is 35.4 Å². The number of amides is 2. The first-order chi connectivity index (χ1) is 15.0. The normalized spacial score (nSPS) is 14.9. The molecule has 1 N–H and O–H groups in total. The number of carbonyl (C=O) groups is 2. The number of carbonyl (C=O) groups excluding carboxylic acids is 2. The summed E-state index contributed by atoms with van der Waals surface area (Å²) >= 11 is 6.02. The fourth-order valence-electron chi connectivity index (χ4n) is 3.94. The van der Waals surface area contributed by atoms with Crippen LogP contribution in [0, 0.1) is 5.82 Å². The zero-order chi connectivity index (χ0) is 21.8. The molecule has 160 valence electrons. The van der Waals surface area contributed by atoms with Crippen LogP contribution in [0.4, 0.5) is 10.1 Å². The number of halogens is 2. The molecule has 1 atom stereocenters. The summed E-state index contributed by atoms with van der Waals surface area (Å²) in [5.74, 6) is -1.38. The molecule has 4 rings (SSSR count). The first kappa shape index (κ1) is 21.1. The highest BCUT2D eigenvalue weighted by atomic mass is 35.5. The molecular weight excluding hydrogens is 419 g/mol. The summed E-state index contributed by atoms with van der Waals surface area (Å²) in [6, 6.07) is 15.2. The molecule has 0 aliphatic heterocycles. The number of hydrogen-bond donors (Lipinski definition) is 1. The summed E-state index contributed by atoms with van der Waals surface area (Å²) in [5.41, 5.74) is 0.918. The Balaban J connectivity index is 1.81. The molecule has 0 spiro atoms. The summed E-state index contributed by atoms with van der Waals surface area (Å²) in [5, 5.41) is 2.94. The molecule has 1 aliphatic carbocycles. The molecule has 5 nitrogen and oxygen atoms in total. The Kier molecular flexibility index (Phi) is 6.37. The fraction of sp³-hybridized carbons (Fsp3) is 0.250. The van der Waals surface area contributed by atoms with Crippen LogP contribution in [-0.2, 0) is 4.79 Å². The molecule has 1 fully saturated rings. The van der Waals surface area contributed by atoms with Gasteiger partial charge in [-0.05, 0) is 48.7 Å². The van der Waals surface area contributed by atoms with Crippen LogP contribution in [0.3, 0.4) is 0 Å². The third-order valence-electron chi connectivity index (χ3n) is 5.46. The number of hydrogen-bond acceptors (Lipinski definition) is 3. The number of anilines is 1. The quantitative estimate of drug-likeness (QED) is 0.549. The Morgan fingerprint density at radius 3 is 2.45 bits per heavy atom. The van der Waals surface area contributed by atoms with Gasteiger partial charge in [0.05, 0.1) is 11.3 Å². The Hall–Kier alpha value is -3.12. The van der Waals surface area contributed by atoms with Crippen LogP contribution in [0.2, 0.25) is 5.02 Å². The van der Waals surface area contributed by atoms with Crippen molar-refractivity contribution in [1.82, 2.24) is 5.32 Å². The smallest absolute Gasteiger partial charge is 0.294 e. The van der Waals surface area contributed by atoms with Gasteiger partial charge in [0.2, 0.25) is 5.91 Å². The second kappa shape index (κ2) is 9.35. The van der Waals surface area contributed by atoms with Crippen molar-refractivity contribution in [3.05, 3.63) is 89.1 Å². The summed E-state index contributed by atoms with van der Waals surface area (Å²) in [4.78, 5) is 28.3. The molecule has 1 aromatic heterocycles. The van der Waals surface area contributed by atoms with Crippen molar-refractivity contribution in [3.8, 4) is 0 Å². The molecule has 7 heteroatoms. The number of nitrogens with zero attached hydrogens (tertiary/aromatic N) is 1. The van der Waals surface area contributed by atoms with Crippen molar-refractivity contribution >= 4 is 29.1 Å². The minimum atomic E-state index is -0.985. The largest absolute Gasteiger partial charge is 0.459 e. The molecule has 2 aromatic carbocycles. The molecule has 3 aromatic rings. The van der Waals surface area contributed by atoms with E-state index in [0.29, 0.717) is 11.3 Å². The highest BCUT2D eigenvalue weighted by molar-refractivity contribution is 6.31. The second-order valence-corrected chi connectivity index (χ2v) is 7.96. The number of furan rings is 1. The number of rotatable bonds is 6. The van der Waals surface area contributed by atoms with Crippen molar-refractivity contribution in [2.75, 3.05) is 4.90 Å². The van der Waals surface area contributed by atoms with Crippen molar-refractivity contribution in [1.29, 1.82) is 0 Å². The van der Waals surface area contributed by atoms with Gasteiger partial charge in [-0.25, -0.2) is 4.39 Å². The Bertz CT molecular complexity index is 1050. The van der Waals surface area contributed by atoms with Gasteiger partial charge < -0.3 is 9.73 Å². The van der Waals surface area contributed by atoms with E-state index in [1.807, 2.05) is 6.07 Å². The van der Waals surface area contributed by atoms with Crippen molar-refractivity contribution < 1.29 is 18.4 Å². The van der Waals surface area contributed by atoms with Crippen molar-refractivity contribution in [3.63, 3.8) is 0 Å². The molecule has 2 amide bonds. The molecule has 1 aliphatic rings. The van der Waals surface area contributed by atoms with Gasteiger partial charge in [0.1, 0.15) is 11.9 Å². The Morgan fingerprint density at radius 2 is 1.81 bits per heavy atom. The van der Waals surface area contributed by atoms with Gasteiger partial charge in [-0.15, -0.1) is 0 Å². The maximum atomic E-state index is 13.9. The average Bonchev–Trinajstić information content (AvgIpc) is 3.48. The maximum absolute atomic E-state index is 13.9. The van der Waals surface area contributed by atoms with E-state index in [2.05, 4.69) is 5.32 Å². The zero-order valence-corrected chi connectivity index (χ0v) is 17.5. The minimum Gasteiger partial charge on any atom is -0.459 e. The molecule has 0 bridgehead atoms. The second-order valence-electron chi connectivity index (χ2n) is 7.55. The highest BCUT2D eigenvalue weighted by Gasteiger charge is 2.36. The lowest BCUT2D eigenvalue weighted by Crippen LogP contribution is -2.46. The average molecular weight is 441 g/mol. The monoisotopic (exact) mass is 440 g/mol. The standard InChI is InChI=1S/C24H22ClFN2O3/c25-19-15-18(12-13-20(19)26)28(24(30)21-11-6-14-31-21)22(16-7-2-1-3-8-16)23(29)27-17-9-4-5-10-17/h1-3,6-8,11-15,17,22H,4-5,9-10H2,(H,27,29)/t22-/m1/s1. The SMILES string of the molecule is O=C(NC1CCCC1)[C@@H](c1ccccc1)N(C(=O)c1ccco1)c1ccc(F)c(Cl)c1. The summed E-state index contributed by atoms with van der Waals surface area (Å²) < 4.78 is 19.2. The molecule has 1 saturated carbocycles. The summed E-state index contributed by atoms with van der Waals surface area (Å²) in [6.07, 6.45) is 5.32. The van der Waals surface area contributed by atoms with Gasteiger partial charge in [-0.3, -0.25) is 14.5 Å². The third-order valence-corrected chi connectivity index (χ3v) is 5.75. The molecule has 31 heavy (non-hydrogen) atoms. The predicted molar refractivity (Wildman–Crippen MR) is 117 cm³/mol. The van der Waals surface area contributed by atoms with Crippen LogP contribution in [-0.4, -0.2) is 17.9 Å². The topological polar surface area (TPSA) is 62.6 Å². The van der Waals surface area contributed by atoms with Gasteiger partial charge in [0.15, 0.2) is 5.76 Å². The fourth-order valence-corrected chi connectivity index (χ4v) is 4.12. The van der Waals surface area contributed by atoms with Gasteiger partial charge in [0.25, 0.3) is 5.91 Å². The number of benzene rings is 2. The maximum Gasteiger partial charge on any atom is 0.294 e. The van der Waals surface area contributed by atoms with E-state index < -0.39 is 17.8 Å². The van der Waals surface area contributed by atoms with Crippen LogP contribution in [0.25, 0.3) is 0 Å². The van der Waals surface area contributed by atoms with Gasteiger partial charge in [0, 0.05) is 11.7 Å². The molecule has 0 radical (unpaired) electrons. The summed E-state index contributed by atoms with van der Waals surface area (Å²) in [7, 11) is 0. The zero-order valence-electron chi connectivity index (χ0n) is 16.8. The van der Waals surface area contributed by atoms with Crippen LogP contribution in [0.1, 0.15) is 47.8 Å². The van der Waals surface area contributed by atoms with Gasteiger partial charge in [-0.1, -0.05) is 54.8 Å². The number of nitrogens with one attached hydrogen (secondary N) is 1. The van der Waals surface area contributed by atoms with Crippen LogP contribution in [0.5, 0.6) is 0 Å². The Labute approximate surface area is 184 Å². The van der Waals surface area contributed by atoms with E-state index in [4.69, 9.17) is 16.0 Å². The Morgan fingerprint density at radius 1 is 1.06 bits per heavy atom. The van der Waals surface area contributed by atoms with E-state index in [0.717, 1.165) is 25.7 Å². The van der Waals surface area contributed by atoms with Crippen molar-refractivity contribution in [2.24, 2.45) is 0 Å². The lowest BCUT2D eigenvalue weighted by atomic mass is 10.0. The van der Waals surface area contributed by atoms with Crippen molar-refractivity contribution in [2.45, 2.75) is 37.8 Å². The first-order valence-corrected chi connectivity index (χ1v) is 10.6. The van der Waals surface area contributed by atoms with Crippen LogP contribution >= 0.6 is 11.6 Å². The molecular formula is C24H22ClFN2O3. The highest BCUT2D eigenvalue weighted by Crippen LogP contribution is 2.33. The third kappa shape index (κ3) is 4.64. The van der Waals surface area contributed by atoms with E-state index in [-0.39, 0.29) is 22.7 Å². The predicted octanol–water partition coefficient (Wildman–Crippen LogP) is 5.52. The van der Waals surface area contributed by atoms with Crippen LogP contribution in [0.15, 0.2) is 71.3 Å². The molecule has 0 saturated heterocycles. The molecule has 1 heterocycles. The summed E-state index contributed by atoms with van der Waals surface area (Å²) in [6.45, 7) is 0. The minimum absolute atomic E-state index is 0.0649. The van der Waals surface area contributed by atoms with E-state index in [1.54, 1.807) is 30.3 Å². The molecule has 0 unspecified atom stereocenters. The van der Waals surface area contributed by atoms with Crippen LogP contribution < -0.4 is 10.2 Å².